The molecule has 0 amide bonds. The summed E-state index contributed by atoms with van der Waals surface area (Å²) >= 11 is 0. The monoisotopic (exact) mass is 165 g/mol. The number of aliphatic hydroxyl groups is 1. The second kappa shape index (κ2) is 3.93. The van der Waals surface area contributed by atoms with E-state index in [1.165, 1.54) is 0 Å². The molecule has 1 radical (unpaired) electrons. The van der Waals surface area contributed by atoms with Gasteiger partial charge in [-0.05, 0) is 12.8 Å². The van der Waals surface area contributed by atoms with Crippen molar-refractivity contribution in [3.8, 4) is 0 Å². The minimum atomic E-state index is -2.92. The molecule has 1 N–H and O–H groups in total. The summed E-state index contributed by atoms with van der Waals surface area (Å²) in [5, 5.41) is 8.89. The largest absolute Gasteiger partial charge is 0.393 e. The normalized spacial score (nSPS) is 15.1. The van der Waals surface area contributed by atoms with Gasteiger partial charge in [-0.3, -0.25) is 0 Å². The molecule has 0 aliphatic carbocycles. The minimum absolute atomic E-state index is 0.0453. The summed E-state index contributed by atoms with van der Waals surface area (Å²) in [5.74, 6) is 0.0453. The van der Waals surface area contributed by atoms with Gasteiger partial charge >= 0.3 is 0 Å². The second-order valence-corrected chi connectivity index (χ2v) is 4.62. The molecule has 0 saturated heterocycles. The number of rotatable bonds is 4. The lowest BCUT2D eigenvalue weighted by molar-refractivity contribution is 0.173. The van der Waals surface area contributed by atoms with Crippen molar-refractivity contribution in [2.75, 3.05) is 12.0 Å². The van der Waals surface area contributed by atoms with E-state index in [1.807, 2.05) is 0 Å². The summed E-state index contributed by atoms with van der Waals surface area (Å²) in [6, 6.07) is 0. The number of hydrogen-bond acceptors (Lipinski definition) is 3. The Morgan fingerprint density at radius 1 is 1.60 bits per heavy atom. The maximum Gasteiger partial charge on any atom is 0.147 e. The van der Waals surface area contributed by atoms with Crippen molar-refractivity contribution < 1.29 is 13.5 Å². The van der Waals surface area contributed by atoms with E-state index < -0.39 is 15.9 Å². The molecule has 61 valence electrons. The Kier molecular flexibility index (Phi) is 3.89. The molecule has 0 aromatic rings. The van der Waals surface area contributed by atoms with Crippen LogP contribution in [0.2, 0.25) is 0 Å². The highest BCUT2D eigenvalue weighted by Gasteiger charge is 2.06. The molecule has 0 bridgehead atoms. The highest BCUT2D eigenvalue weighted by Crippen LogP contribution is 1.98. The van der Waals surface area contributed by atoms with Crippen LogP contribution in [0.25, 0.3) is 0 Å². The summed E-state index contributed by atoms with van der Waals surface area (Å²) in [5.41, 5.74) is 0. The zero-order valence-corrected chi connectivity index (χ0v) is 6.89. The molecule has 0 aliphatic rings. The van der Waals surface area contributed by atoms with Crippen LogP contribution in [0.5, 0.6) is 0 Å². The molecular weight excluding hydrogens is 152 g/mol. The Hall–Kier alpha value is -0.0900. The van der Waals surface area contributed by atoms with Gasteiger partial charge in [-0.15, -0.1) is 0 Å². The first kappa shape index (κ1) is 9.91. The number of sulfone groups is 1. The Labute approximate surface area is 62.0 Å². The smallest absolute Gasteiger partial charge is 0.147 e. The topological polar surface area (TPSA) is 54.4 Å². The zero-order valence-electron chi connectivity index (χ0n) is 6.08. The van der Waals surface area contributed by atoms with E-state index in [-0.39, 0.29) is 5.75 Å². The standard InChI is InChI=1S/C6H13O3S/c1-3-6(7)4-5-10(2,8)9/h6-7H,1,3-5H2,2H3. The lowest BCUT2D eigenvalue weighted by atomic mass is 10.2. The van der Waals surface area contributed by atoms with E-state index in [1.54, 1.807) is 0 Å². The van der Waals surface area contributed by atoms with E-state index in [9.17, 15) is 8.42 Å². The lowest BCUT2D eigenvalue weighted by Gasteiger charge is -2.04. The predicted octanol–water partition coefficient (Wildman–Crippen LogP) is 0.00619. The average molecular weight is 165 g/mol. The first-order valence-corrected chi connectivity index (χ1v) is 5.17. The number of hydrogen-bond donors (Lipinski definition) is 1. The van der Waals surface area contributed by atoms with Crippen molar-refractivity contribution >= 4 is 9.84 Å². The van der Waals surface area contributed by atoms with Gasteiger partial charge in [0.05, 0.1) is 11.9 Å². The highest BCUT2D eigenvalue weighted by atomic mass is 32.2. The molecule has 0 fully saturated rings. The molecule has 0 spiro atoms. The van der Waals surface area contributed by atoms with Gasteiger partial charge in [0.2, 0.25) is 0 Å². The second-order valence-electron chi connectivity index (χ2n) is 2.36. The van der Waals surface area contributed by atoms with Gasteiger partial charge in [-0.1, -0.05) is 6.92 Å². The van der Waals surface area contributed by atoms with Crippen LogP contribution in [0.1, 0.15) is 12.8 Å². The van der Waals surface area contributed by atoms with E-state index in [0.717, 1.165) is 6.26 Å². The van der Waals surface area contributed by atoms with Crippen LogP contribution in [-0.2, 0) is 9.84 Å². The van der Waals surface area contributed by atoms with E-state index in [0.29, 0.717) is 12.8 Å². The van der Waals surface area contributed by atoms with Crippen molar-refractivity contribution in [1.29, 1.82) is 0 Å². The van der Waals surface area contributed by atoms with Gasteiger partial charge in [-0.2, -0.15) is 0 Å². The third-order valence-electron chi connectivity index (χ3n) is 1.16. The summed E-state index contributed by atoms with van der Waals surface area (Å²) in [6.07, 6.45) is 1.25. The van der Waals surface area contributed by atoms with Gasteiger partial charge in [-0.25, -0.2) is 8.42 Å². The van der Waals surface area contributed by atoms with E-state index >= 15 is 0 Å². The fraction of sp³-hybridized carbons (Fsp3) is 0.833. The molecular formula is C6H13O3S. The van der Waals surface area contributed by atoms with E-state index in [4.69, 9.17) is 5.11 Å². The molecule has 1 unspecified atom stereocenters. The summed E-state index contributed by atoms with van der Waals surface area (Å²) in [4.78, 5) is 0. The van der Waals surface area contributed by atoms with Crippen molar-refractivity contribution in [2.45, 2.75) is 18.9 Å². The third-order valence-corrected chi connectivity index (χ3v) is 2.13. The van der Waals surface area contributed by atoms with Crippen LogP contribution in [-0.4, -0.2) is 31.6 Å². The lowest BCUT2D eigenvalue weighted by Crippen LogP contribution is -2.12. The quantitative estimate of drug-likeness (QED) is 0.638. The molecule has 0 aliphatic heterocycles. The minimum Gasteiger partial charge on any atom is -0.393 e. The van der Waals surface area contributed by atoms with Gasteiger partial charge in [0, 0.05) is 6.26 Å². The molecule has 4 heteroatoms. The summed E-state index contributed by atoms with van der Waals surface area (Å²) < 4.78 is 21.0. The summed E-state index contributed by atoms with van der Waals surface area (Å²) in [6.45, 7) is 3.44. The van der Waals surface area contributed by atoms with E-state index in [2.05, 4.69) is 6.92 Å². The molecule has 1 atom stereocenters. The van der Waals surface area contributed by atoms with Gasteiger partial charge in [0.1, 0.15) is 9.84 Å². The van der Waals surface area contributed by atoms with Crippen LogP contribution < -0.4 is 0 Å². The fourth-order valence-electron chi connectivity index (χ4n) is 0.494. The van der Waals surface area contributed by atoms with Crippen LogP contribution in [0.4, 0.5) is 0 Å². The third kappa shape index (κ3) is 6.04. The SMILES string of the molecule is [CH2]CC(O)CCS(C)(=O)=O. The Morgan fingerprint density at radius 2 is 2.10 bits per heavy atom. The molecule has 0 heterocycles. The first-order chi connectivity index (χ1) is 4.45. The Balaban J connectivity index is 3.56. The van der Waals surface area contributed by atoms with Crippen molar-refractivity contribution in [1.82, 2.24) is 0 Å². The van der Waals surface area contributed by atoms with Crippen LogP contribution >= 0.6 is 0 Å². The van der Waals surface area contributed by atoms with Crippen molar-refractivity contribution in [2.24, 2.45) is 0 Å². The Bertz CT molecular complexity index is 171. The molecule has 0 saturated carbocycles. The van der Waals surface area contributed by atoms with Crippen LogP contribution in [0.3, 0.4) is 0 Å². The van der Waals surface area contributed by atoms with Crippen molar-refractivity contribution in [3.05, 3.63) is 6.92 Å². The van der Waals surface area contributed by atoms with Gasteiger partial charge in [0.25, 0.3) is 0 Å². The number of aliphatic hydroxyl groups excluding tert-OH is 1. The van der Waals surface area contributed by atoms with Crippen LogP contribution in [0.15, 0.2) is 0 Å². The fourth-order valence-corrected chi connectivity index (χ4v) is 1.19. The zero-order chi connectivity index (χ0) is 8.20. The molecule has 10 heavy (non-hydrogen) atoms. The maximum absolute atomic E-state index is 10.5. The maximum atomic E-state index is 10.5. The predicted molar refractivity (Wildman–Crippen MR) is 40.3 cm³/mol. The Morgan fingerprint density at radius 3 is 2.40 bits per heavy atom. The van der Waals surface area contributed by atoms with Gasteiger partial charge in [0.15, 0.2) is 0 Å². The molecule has 0 aromatic carbocycles. The highest BCUT2D eigenvalue weighted by molar-refractivity contribution is 7.90. The first-order valence-electron chi connectivity index (χ1n) is 3.10. The molecule has 0 aromatic heterocycles. The molecule has 3 nitrogen and oxygen atoms in total. The molecule has 0 rings (SSSR count). The van der Waals surface area contributed by atoms with Crippen molar-refractivity contribution in [3.63, 3.8) is 0 Å². The average Bonchev–Trinajstić information content (AvgIpc) is 1.81. The van der Waals surface area contributed by atoms with Gasteiger partial charge < -0.3 is 5.11 Å². The summed E-state index contributed by atoms with van der Waals surface area (Å²) in [7, 11) is -2.92. The van der Waals surface area contributed by atoms with Crippen LogP contribution in [0, 0.1) is 6.92 Å².